The summed E-state index contributed by atoms with van der Waals surface area (Å²) in [6.07, 6.45) is -3.59. The highest BCUT2D eigenvalue weighted by atomic mass is 19.4. The van der Waals surface area contributed by atoms with Gasteiger partial charge in [0.05, 0.1) is 23.2 Å². The van der Waals surface area contributed by atoms with Gasteiger partial charge in [-0.05, 0) is 19.1 Å². The number of aromatic amines is 1. The van der Waals surface area contributed by atoms with Gasteiger partial charge in [0.1, 0.15) is 24.7 Å². The van der Waals surface area contributed by atoms with Crippen LogP contribution < -0.4 is 20.1 Å². The molecule has 4 rings (SSSR count). The molecule has 0 saturated heterocycles. The van der Waals surface area contributed by atoms with Crippen molar-refractivity contribution in [3.63, 3.8) is 0 Å². The zero-order valence-corrected chi connectivity index (χ0v) is 16.4. The minimum Gasteiger partial charge on any atom is -0.486 e. The highest BCUT2D eigenvalue weighted by Crippen LogP contribution is 2.41. The van der Waals surface area contributed by atoms with Gasteiger partial charge in [-0.15, -0.1) is 0 Å². The standard InChI is InChI=1S/C20H21F3N4O3/c1-11(10-28-2)25-14-8-16(27-19-17(14)12(9-24-19)20(21,22)23)26-13-4-3-5-15-18(13)30-7-6-29-15/h3-5,8-9,11H,6-7,10H2,1-2H3,(H3,24,25,26,27)/t11-/m1/s1. The molecule has 10 heteroatoms. The van der Waals surface area contributed by atoms with Gasteiger partial charge in [-0.25, -0.2) is 4.98 Å². The Morgan fingerprint density at radius 2 is 2.03 bits per heavy atom. The predicted molar refractivity (Wildman–Crippen MR) is 107 cm³/mol. The topological polar surface area (TPSA) is 80.4 Å². The second-order valence-electron chi connectivity index (χ2n) is 6.93. The Bertz CT molecular complexity index is 1050. The summed E-state index contributed by atoms with van der Waals surface area (Å²) in [6.45, 7) is 3.01. The molecular formula is C20H21F3N4O3. The number of halogens is 3. The second-order valence-corrected chi connectivity index (χ2v) is 6.93. The third-order valence-corrected chi connectivity index (χ3v) is 4.59. The van der Waals surface area contributed by atoms with Crippen molar-refractivity contribution in [1.29, 1.82) is 0 Å². The zero-order chi connectivity index (χ0) is 21.3. The van der Waals surface area contributed by atoms with Crippen LogP contribution in [0.5, 0.6) is 11.5 Å². The molecule has 7 nitrogen and oxygen atoms in total. The molecule has 0 saturated carbocycles. The average molecular weight is 422 g/mol. The van der Waals surface area contributed by atoms with Crippen LogP contribution >= 0.6 is 0 Å². The maximum atomic E-state index is 13.5. The van der Waals surface area contributed by atoms with E-state index < -0.39 is 11.7 Å². The molecule has 1 atom stereocenters. The van der Waals surface area contributed by atoms with Crippen molar-refractivity contribution in [2.75, 3.05) is 37.6 Å². The lowest BCUT2D eigenvalue weighted by atomic mass is 10.1. The third kappa shape index (κ3) is 3.95. The van der Waals surface area contributed by atoms with Gasteiger partial charge in [0.25, 0.3) is 0 Å². The number of ether oxygens (including phenoxy) is 3. The van der Waals surface area contributed by atoms with Gasteiger partial charge >= 0.3 is 6.18 Å². The van der Waals surface area contributed by atoms with Gasteiger partial charge in [-0.3, -0.25) is 0 Å². The lowest BCUT2D eigenvalue weighted by Gasteiger charge is -2.22. The first kappa shape index (κ1) is 20.1. The smallest absolute Gasteiger partial charge is 0.418 e. The number of rotatable bonds is 6. The molecule has 0 bridgehead atoms. The van der Waals surface area contributed by atoms with Crippen LogP contribution in [-0.4, -0.2) is 42.9 Å². The molecule has 0 aliphatic carbocycles. The van der Waals surface area contributed by atoms with Crippen molar-refractivity contribution >= 4 is 28.2 Å². The predicted octanol–water partition coefficient (Wildman–Crippen LogP) is 4.54. The Morgan fingerprint density at radius 1 is 1.23 bits per heavy atom. The number of benzene rings is 1. The van der Waals surface area contributed by atoms with Crippen molar-refractivity contribution < 1.29 is 27.4 Å². The van der Waals surface area contributed by atoms with Crippen LogP contribution in [0, 0.1) is 0 Å². The molecule has 30 heavy (non-hydrogen) atoms. The summed E-state index contributed by atoms with van der Waals surface area (Å²) in [5.74, 6) is 1.49. The molecule has 0 radical (unpaired) electrons. The lowest BCUT2D eigenvalue weighted by Crippen LogP contribution is -2.21. The van der Waals surface area contributed by atoms with Crippen molar-refractivity contribution in [2.45, 2.75) is 19.1 Å². The van der Waals surface area contributed by atoms with Crippen LogP contribution in [0.25, 0.3) is 11.0 Å². The Hall–Kier alpha value is -3.14. The molecule has 2 aromatic heterocycles. The zero-order valence-electron chi connectivity index (χ0n) is 16.4. The Balaban J connectivity index is 1.76. The summed E-state index contributed by atoms with van der Waals surface area (Å²) < 4.78 is 56.9. The number of para-hydroxylation sites is 1. The number of methoxy groups -OCH3 is 1. The summed E-state index contributed by atoms with van der Waals surface area (Å²) in [4.78, 5) is 6.96. The number of hydrogen-bond donors (Lipinski definition) is 3. The SMILES string of the molecule is COC[C@@H](C)Nc1cc(Nc2cccc3c2OCCO3)nc2[nH]cc(C(F)(F)F)c12. The number of alkyl halides is 3. The molecule has 160 valence electrons. The number of fused-ring (bicyclic) bond motifs is 2. The van der Waals surface area contributed by atoms with Crippen LogP contribution in [0.1, 0.15) is 12.5 Å². The third-order valence-electron chi connectivity index (χ3n) is 4.59. The molecule has 3 heterocycles. The molecule has 0 spiro atoms. The van der Waals surface area contributed by atoms with Crippen LogP contribution in [0.2, 0.25) is 0 Å². The summed E-state index contributed by atoms with van der Waals surface area (Å²) >= 11 is 0. The quantitative estimate of drug-likeness (QED) is 0.541. The Kier molecular flexibility index (Phi) is 5.33. The summed E-state index contributed by atoms with van der Waals surface area (Å²) in [5.41, 5.74) is 0.235. The molecule has 0 fully saturated rings. The van der Waals surface area contributed by atoms with Gasteiger partial charge in [-0.1, -0.05) is 6.07 Å². The van der Waals surface area contributed by atoms with Gasteiger partial charge in [0, 0.05) is 31.1 Å². The number of aromatic nitrogens is 2. The van der Waals surface area contributed by atoms with E-state index in [-0.39, 0.29) is 17.1 Å². The van der Waals surface area contributed by atoms with Gasteiger partial charge in [0.15, 0.2) is 11.5 Å². The van der Waals surface area contributed by atoms with Gasteiger partial charge in [0.2, 0.25) is 0 Å². The van der Waals surface area contributed by atoms with E-state index in [1.165, 1.54) is 7.11 Å². The lowest BCUT2D eigenvalue weighted by molar-refractivity contribution is -0.136. The van der Waals surface area contributed by atoms with E-state index in [4.69, 9.17) is 14.2 Å². The normalized spacial score (nSPS) is 14.6. The fraction of sp³-hybridized carbons (Fsp3) is 0.350. The number of nitrogens with zero attached hydrogens (tertiary/aromatic N) is 1. The van der Waals surface area contributed by atoms with E-state index in [1.807, 2.05) is 6.92 Å². The van der Waals surface area contributed by atoms with Crippen LogP contribution in [0.4, 0.5) is 30.4 Å². The average Bonchev–Trinajstić information content (AvgIpc) is 3.13. The highest BCUT2D eigenvalue weighted by Gasteiger charge is 2.35. The van der Waals surface area contributed by atoms with Crippen molar-refractivity contribution in [3.05, 3.63) is 36.0 Å². The van der Waals surface area contributed by atoms with Crippen molar-refractivity contribution in [1.82, 2.24) is 9.97 Å². The molecule has 3 N–H and O–H groups in total. The first-order valence-electron chi connectivity index (χ1n) is 9.37. The number of anilines is 3. The number of hydrogen-bond acceptors (Lipinski definition) is 6. The first-order valence-corrected chi connectivity index (χ1v) is 9.37. The van der Waals surface area contributed by atoms with E-state index in [0.29, 0.717) is 48.5 Å². The van der Waals surface area contributed by atoms with E-state index >= 15 is 0 Å². The van der Waals surface area contributed by atoms with Gasteiger partial charge in [-0.2, -0.15) is 13.2 Å². The maximum absolute atomic E-state index is 13.5. The van der Waals surface area contributed by atoms with Gasteiger partial charge < -0.3 is 29.8 Å². The van der Waals surface area contributed by atoms with E-state index in [9.17, 15) is 13.2 Å². The Labute approximate surface area is 170 Å². The molecule has 1 aliphatic rings. The molecule has 3 aromatic rings. The molecule has 0 amide bonds. The fourth-order valence-electron chi connectivity index (χ4n) is 3.40. The summed E-state index contributed by atoms with van der Waals surface area (Å²) in [5, 5.41) is 6.20. The minimum atomic E-state index is -4.51. The van der Waals surface area contributed by atoms with E-state index in [1.54, 1.807) is 24.3 Å². The second kappa shape index (κ2) is 7.94. The van der Waals surface area contributed by atoms with E-state index in [2.05, 4.69) is 20.6 Å². The summed E-state index contributed by atoms with van der Waals surface area (Å²) in [7, 11) is 1.53. The Morgan fingerprint density at radius 3 is 2.80 bits per heavy atom. The minimum absolute atomic E-state index is 0.0225. The highest BCUT2D eigenvalue weighted by molar-refractivity contribution is 5.95. The number of nitrogens with one attached hydrogen (secondary N) is 3. The molecule has 0 unspecified atom stereocenters. The molecule has 1 aliphatic heterocycles. The molecular weight excluding hydrogens is 401 g/mol. The summed E-state index contributed by atoms with van der Waals surface area (Å²) in [6, 6.07) is 6.70. The van der Waals surface area contributed by atoms with Crippen molar-refractivity contribution in [2.24, 2.45) is 0 Å². The number of H-pyrrole nitrogens is 1. The van der Waals surface area contributed by atoms with Crippen molar-refractivity contribution in [3.8, 4) is 11.5 Å². The van der Waals surface area contributed by atoms with Crippen LogP contribution in [0.3, 0.4) is 0 Å². The fourth-order valence-corrected chi connectivity index (χ4v) is 3.40. The monoisotopic (exact) mass is 422 g/mol. The first-order chi connectivity index (χ1) is 14.4. The number of pyridine rings is 1. The van der Waals surface area contributed by atoms with Crippen LogP contribution in [0.15, 0.2) is 30.5 Å². The molecule has 1 aromatic carbocycles. The maximum Gasteiger partial charge on any atom is 0.418 e. The largest absolute Gasteiger partial charge is 0.486 e. The van der Waals surface area contributed by atoms with E-state index in [0.717, 1.165) is 6.20 Å². The van der Waals surface area contributed by atoms with Crippen LogP contribution in [-0.2, 0) is 10.9 Å².